The normalized spacial score (nSPS) is 12.6. The summed E-state index contributed by atoms with van der Waals surface area (Å²) >= 11 is 1.32. The second kappa shape index (κ2) is 5.80. The van der Waals surface area contributed by atoms with Crippen molar-refractivity contribution in [3.05, 3.63) is 46.2 Å². The summed E-state index contributed by atoms with van der Waals surface area (Å²) in [6.45, 7) is 2.84. The minimum absolute atomic E-state index is 0.138. The first-order valence-corrected chi connectivity index (χ1v) is 8.46. The van der Waals surface area contributed by atoms with Crippen LogP contribution < -0.4 is 4.72 Å². The van der Waals surface area contributed by atoms with Crippen LogP contribution in [0.5, 0.6) is 0 Å². The number of sulfonamides is 1. The molecule has 114 valence electrons. The Hall–Kier alpha value is -1.35. The van der Waals surface area contributed by atoms with Gasteiger partial charge < -0.3 is 5.11 Å². The Morgan fingerprint density at radius 3 is 2.71 bits per heavy atom. The number of rotatable bonds is 5. The molecule has 0 saturated carbocycles. The number of hydrogen-bond donors (Lipinski definition) is 2. The average Bonchev–Trinajstić information content (AvgIpc) is 2.92. The highest BCUT2D eigenvalue weighted by molar-refractivity contribution is 7.89. The molecule has 21 heavy (non-hydrogen) atoms. The molecule has 0 saturated heterocycles. The third-order valence-corrected chi connectivity index (χ3v) is 5.68. The number of benzene rings is 1. The van der Waals surface area contributed by atoms with E-state index in [1.165, 1.54) is 17.4 Å². The van der Waals surface area contributed by atoms with E-state index in [2.05, 4.69) is 9.71 Å². The third kappa shape index (κ3) is 3.46. The lowest BCUT2D eigenvalue weighted by Gasteiger charge is -2.24. The number of halogens is 1. The van der Waals surface area contributed by atoms with Crippen molar-refractivity contribution in [2.45, 2.75) is 30.9 Å². The Balaban J connectivity index is 2.42. The van der Waals surface area contributed by atoms with E-state index in [0.717, 1.165) is 12.1 Å². The van der Waals surface area contributed by atoms with Crippen molar-refractivity contribution in [3.8, 4) is 0 Å². The summed E-state index contributed by atoms with van der Waals surface area (Å²) in [4.78, 5) is 3.83. The second-order valence-electron chi connectivity index (χ2n) is 4.98. The summed E-state index contributed by atoms with van der Waals surface area (Å²) in [6, 6.07) is 3.25. The van der Waals surface area contributed by atoms with Crippen LogP contribution in [-0.2, 0) is 22.2 Å². The van der Waals surface area contributed by atoms with Crippen LogP contribution in [0.4, 0.5) is 4.39 Å². The third-order valence-electron chi connectivity index (χ3n) is 2.85. The number of nitrogens with zero attached hydrogens (tertiary/aromatic N) is 1. The summed E-state index contributed by atoms with van der Waals surface area (Å²) in [5, 5.41) is 11.6. The van der Waals surface area contributed by atoms with Gasteiger partial charge in [-0.05, 0) is 31.5 Å². The van der Waals surface area contributed by atoms with Gasteiger partial charge in [0.05, 0.1) is 17.0 Å². The number of nitrogens with one attached hydrogen (secondary N) is 1. The molecule has 0 bridgehead atoms. The first kappa shape index (κ1) is 16.0. The SMILES string of the molecule is CC(C)(NS(=O)(=O)c1cc(F)ccc1CO)c1nccs1. The largest absolute Gasteiger partial charge is 0.392 e. The van der Waals surface area contributed by atoms with Crippen LogP contribution in [0.3, 0.4) is 0 Å². The summed E-state index contributed by atoms with van der Waals surface area (Å²) < 4.78 is 40.8. The maximum Gasteiger partial charge on any atom is 0.241 e. The fourth-order valence-corrected chi connectivity index (χ4v) is 4.28. The van der Waals surface area contributed by atoms with Gasteiger partial charge in [0.2, 0.25) is 10.0 Å². The lowest BCUT2D eigenvalue weighted by molar-refractivity contribution is 0.278. The van der Waals surface area contributed by atoms with Crippen molar-refractivity contribution in [1.29, 1.82) is 0 Å². The standard InChI is InChI=1S/C13H15FN2O3S2/c1-13(2,12-15-5-6-20-12)16-21(18,19)11-7-10(14)4-3-9(11)8-17/h3-7,16-17H,8H2,1-2H3. The monoisotopic (exact) mass is 330 g/mol. The van der Waals surface area contributed by atoms with Gasteiger partial charge in [0.15, 0.2) is 0 Å². The fraction of sp³-hybridized carbons (Fsp3) is 0.308. The number of aliphatic hydroxyl groups excluding tert-OH is 1. The molecule has 8 heteroatoms. The highest BCUT2D eigenvalue weighted by Crippen LogP contribution is 2.26. The molecule has 0 aliphatic heterocycles. The lowest BCUT2D eigenvalue weighted by Crippen LogP contribution is -2.41. The molecule has 0 atom stereocenters. The van der Waals surface area contributed by atoms with E-state index in [-0.39, 0.29) is 10.5 Å². The molecule has 0 unspecified atom stereocenters. The van der Waals surface area contributed by atoms with Crippen molar-refractivity contribution in [1.82, 2.24) is 9.71 Å². The fourth-order valence-electron chi connectivity index (χ4n) is 1.88. The predicted molar refractivity (Wildman–Crippen MR) is 77.8 cm³/mol. The van der Waals surface area contributed by atoms with Crippen molar-refractivity contribution in [3.63, 3.8) is 0 Å². The molecule has 0 radical (unpaired) electrons. The number of aliphatic hydroxyl groups is 1. The molecular formula is C13H15FN2O3S2. The van der Waals surface area contributed by atoms with E-state index in [1.54, 1.807) is 25.4 Å². The molecule has 2 aromatic rings. The maximum atomic E-state index is 13.3. The Morgan fingerprint density at radius 1 is 1.43 bits per heavy atom. The van der Waals surface area contributed by atoms with Gasteiger partial charge in [-0.3, -0.25) is 0 Å². The summed E-state index contributed by atoms with van der Waals surface area (Å²) in [5.41, 5.74) is -0.801. The molecule has 0 fully saturated rings. The van der Waals surface area contributed by atoms with Crippen molar-refractivity contribution in [2.75, 3.05) is 0 Å². The Morgan fingerprint density at radius 2 is 2.14 bits per heavy atom. The van der Waals surface area contributed by atoms with Crippen molar-refractivity contribution < 1.29 is 17.9 Å². The summed E-state index contributed by atoms with van der Waals surface area (Å²) in [6.07, 6.45) is 1.58. The molecular weight excluding hydrogens is 315 g/mol. The molecule has 1 heterocycles. The van der Waals surface area contributed by atoms with Gasteiger partial charge in [-0.25, -0.2) is 17.8 Å². The van der Waals surface area contributed by atoms with Crippen LogP contribution in [0.25, 0.3) is 0 Å². The van der Waals surface area contributed by atoms with E-state index in [0.29, 0.717) is 5.01 Å². The molecule has 0 aliphatic carbocycles. The minimum atomic E-state index is -3.99. The van der Waals surface area contributed by atoms with E-state index >= 15 is 0 Å². The van der Waals surface area contributed by atoms with E-state index in [9.17, 15) is 17.9 Å². The number of hydrogen-bond acceptors (Lipinski definition) is 5. The van der Waals surface area contributed by atoms with Crippen LogP contribution in [0.1, 0.15) is 24.4 Å². The Bertz CT molecular complexity index is 728. The second-order valence-corrected chi connectivity index (χ2v) is 7.52. The van der Waals surface area contributed by atoms with Crippen LogP contribution in [-0.4, -0.2) is 18.5 Å². The summed E-state index contributed by atoms with van der Waals surface area (Å²) in [7, 11) is -3.99. The lowest BCUT2D eigenvalue weighted by atomic mass is 10.1. The molecule has 0 spiro atoms. The smallest absolute Gasteiger partial charge is 0.241 e. The molecule has 2 N–H and O–H groups in total. The van der Waals surface area contributed by atoms with Gasteiger partial charge in [-0.2, -0.15) is 4.72 Å². The number of thiazole rings is 1. The first-order valence-electron chi connectivity index (χ1n) is 6.09. The zero-order chi connectivity index (χ0) is 15.7. The zero-order valence-electron chi connectivity index (χ0n) is 11.5. The molecule has 0 aliphatic rings. The van der Waals surface area contributed by atoms with Gasteiger partial charge in [0.1, 0.15) is 10.8 Å². The maximum absolute atomic E-state index is 13.3. The number of aromatic nitrogens is 1. The van der Waals surface area contributed by atoms with Gasteiger partial charge in [0, 0.05) is 11.6 Å². The van der Waals surface area contributed by atoms with E-state index in [4.69, 9.17) is 0 Å². The van der Waals surface area contributed by atoms with Crippen LogP contribution in [0.2, 0.25) is 0 Å². The highest BCUT2D eigenvalue weighted by atomic mass is 32.2. The summed E-state index contributed by atoms with van der Waals surface area (Å²) in [5.74, 6) is -0.681. The topological polar surface area (TPSA) is 79.3 Å². The van der Waals surface area contributed by atoms with Crippen LogP contribution >= 0.6 is 11.3 Å². The van der Waals surface area contributed by atoms with Gasteiger partial charge >= 0.3 is 0 Å². The molecule has 1 aromatic heterocycles. The van der Waals surface area contributed by atoms with Crippen molar-refractivity contribution >= 4 is 21.4 Å². The highest BCUT2D eigenvalue weighted by Gasteiger charge is 2.31. The molecule has 2 rings (SSSR count). The van der Waals surface area contributed by atoms with E-state index in [1.807, 2.05) is 0 Å². The average molecular weight is 330 g/mol. The van der Waals surface area contributed by atoms with E-state index < -0.39 is 28.0 Å². The Kier molecular flexibility index (Phi) is 4.43. The van der Waals surface area contributed by atoms with Gasteiger partial charge in [-0.15, -0.1) is 11.3 Å². The zero-order valence-corrected chi connectivity index (χ0v) is 13.1. The van der Waals surface area contributed by atoms with Crippen LogP contribution in [0, 0.1) is 5.82 Å². The van der Waals surface area contributed by atoms with Gasteiger partial charge in [-0.1, -0.05) is 6.07 Å². The molecule has 1 aromatic carbocycles. The quantitative estimate of drug-likeness (QED) is 0.879. The van der Waals surface area contributed by atoms with Crippen LogP contribution in [0.15, 0.2) is 34.7 Å². The predicted octanol–water partition coefficient (Wildman–Crippen LogP) is 1.99. The Labute approximate surface area is 126 Å². The van der Waals surface area contributed by atoms with Crippen molar-refractivity contribution in [2.24, 2.45) is 0 Å². The minimum Gasteiger partial charge on any atom is -0.392 e. The first-order chi connectivity index (χ1) is 9.76. The van der Waals surface area contributed by atoms with Gasteiger partial charge in [0.25, 0.3) is 0 Å². The molecule has 5 nitrogen and oxygen atoms in total. The molecule has 0 amide bonds.